The Balaban J connectivity index is 2.44. The zero-order chi connectivity index (χ0) is 12.7. The van der Waals surface area contributed by atoms with Crippen LogP contribution in [0.15, 0.2) is 39.9 Å². The molecule has 0 aliphatic rings. The second-order valence-electron chi connectivity index (χ2n) is 3.66. The number of H-pyrrole nitrogens is 2. The van der Waals surface area contributed by atoms with Gasteiger partial charge >= 0.3 is 0 Å². The zero-order valence-electron chi connectivity index (χ0n) is 8.98. The third kappa shape index (κ3) is 1.72. The number of fused-ring (bicyclic) bond motifs is 1. The number of aromatic nitrogens is 4. The fraction of sp³-hybridized carbons (Fsp3) is 0. The second-order valence-corrected chi connectivity index (χ2v) is 4.80. The summed E-state index contributed by atoms with van der Waals surface area (Å²) >= 11 is 8.39. The summed E-state index contributed by atoms with van der Waals surface area (Å²) in [5, 5.41) is 0. The number of aromatic amines is 2. The van der Waals surface area contributed by atoms with Crippen LogP contribution < -0.4 is 5.56 Å². The molecule has 0 spiro atoms. The summed E-state index contributed by atoms with van der Waals surface area (Å²) in [7, 11) is 0. The molecule has 0 amide bonds. The molecule has 90 valence electrons. The monoisotopic (exact) mass is 322 g/mol. The molecular weight excluding hydrogens is 316 g/mol. The average molecular weight is 323 g/mol. The highest BCUT2D eigenvalue weighted by molar-refractivity contribution is 9.10. The summed E-state index contributed by atoms with van der Waals surface area (Å²) in [6.45, 7) is 0. The first-order valence-corrected chi connectivity index (χ1v) is 6.33. The smallest absolute Gasteiger partial charge is 0.284 e. The highest BCUT2D eigenvalue weighted by Crippen LogP contribution is 2.11. The van der Waals surface area contributed by atoms with Crippen LogP contribution in [0, 0.1) is 4.77 Å². The van der Waals surface area contributed by atoms with E-state index in [0.717, 1.165) is 5.69 Å². The summed E-state index contributed by atoms with van der Waals surface area (Å²) < 4.78 is 2.24. The van der Waals surface area contributed by atoms with E-state index >= 15 is 0 Å². The van der Waals surface area contributed by atoms with E-state index in [9.17, 15) is 4.79 Å². The lowest BCUT2D eigenvalue weighted by molar-refractivity contribution is 0.934. The van der Waals surface area contributed by atoms with E-state index in [1.807, 2.05) is 30.3 Å². The Morgan fingerprint density at radius 3 is 2.67 bits per heavy atom. The Hall–Kier alpha value is -1.73. The largest absolute Gasteiger partial charge is 0.327 e. The Kier molecular flexibility index (Phi) is 2.64. The third-order valence-electron chi connectivity index (χ3n) is 2.53. The molecule has 0 unspecified atom stereocenters. The van der Waals surface area contributed by atoms with Crippen molar-refractivity contribution in [3.05, 3.63) is 50.2 Å². The molecule has 0 radical (unpaired) electrons. The van der Waals surface area contributed by atoms with Gasteiger partial charge in [0.1, 0.15) is 0 Å². The maximum absolute atomic E-state index is 12.3. The predicted molar refractivity (Wildman–Crippen MR) is 74.6 cm³/mol. The van der Waals surface area contributed by atoms with E-state index in [1.165, 1.54) is 4.57 Å². The van der Waals surface area contributed by atoms with Crippen LogP contribution in [-0.2, 0) is 0 Å². The lowest BCUT2D eigenvalue weighted by Gasteiger charge is -2.04. The van der Waals surface area contributed by atoms with Gasteiger partial charge in [-0.15, -0.1) is 0 Å². The van der Waals surface area contributed by atoms with Crippen LogP contribution in [0.4, 0.5) is 0 Å². The molecule has 2 heterocycles. The summed E-state index contributed by atoms with van der Waals surface area (Å²) in [5.41, 5.74) is 1.33. The highest BCUT2D eigenvalue weighted by Gasteiger charge is 2.10. The molecule has 2 N–H and O–H groups in total. The van der Waals surface area contributed by atoms with E-state index in [2.05, 4.69) is 30.9 Å². The fourth-order valence-electron chi connectivity index (χ4n) is 1.76. The SMILES string of the molecule is O=c1c2[nH]c(Br)nc2[nH]c(=S)n1-c1ccccc1. The van der Waals surface area contributed by atoms with E-state index < -0.39 is 0 Å². The molecule has 3 rings (SSSR count). The Labute approximate surface area is 115 Å². The standard InChI is InChI=1S/C11H7BrN4OS/c12-10-13-7-8(14-10)15-11(18)16(9(7)17)6-4-2-1-3-5-6/h1-5H,(H,13,14)(H,15,18). The van der Waals surface area contributed by atoms with Gasteiger partial charge in [-0.3, -0.25) is 9.36 Å². The normalized spacial score (nSPS) is 10.9. The number of para-hydroxylation sites is 1. The number of hydrogen-bond acceptors (Lipinski definition) is 3. The van der Waals surface area contributed by atoms with Crippen molar-refractivity contribution in [1.82, 2.24) is 19.5 Å². The van der Waals surface area contributed by atoms with Gasteiger partial charge in [0.15, 0.2) is 20.7 Å². The van der Waals surface area contributed by atoms with Gasteiger partial charge in [-0.25, -0.2) is 4.98 Å². The summed E-state index contributed by atoms with van der Waals surface area (Å²) in [6, 6.07) is 9.23. The summed E-state index contributed by atoms with van der Waals surface area (Å²) in [4.78, 5) is 22.2. The lowest BCUT2D eigenvalue weighted by Crippen LogP contribution is -2.20. The second kappa shape index (κ2) is 4.18. The number of benzene rings is 1. The van der Waals surface area contributed by atoms with Crippen LogP contribution >= 0.6 is 28.1 Å². The number of nitrogens with one attached hydrogen (secondary N) is 2. The van der Waals surface area contributed by atoms with Crippen molar-refractivity contribution in [2.75, 3.05) is 0 Å². The minimum atomic E-state index is -0.224. The number of imidazole rings is 1. The van der Waals surface area contributed by atoms with E-state index in [4.69, 9.17) is 12.2 Å². The first-order valence-electron chi connectivity index (χ1n) is 5.13. The molecule has 1 aromatic carbocycles. The van der Waals surface area contributed by atoms with Crippen LogP contribution in [0.3, 0.4) is 0 Å². The first kappa shape index (κ1) is 11.4. The van der Waals surface area contributed by atoms with Crippen LogP contribution in [0.1, 0.15) is 0 Å². The van der Waals surface area contributed by atoms with Crippen molar-refractivity contribution in [2.24, 2.45) is 0 Å². The van der Waals surface area contributed by atoms with Crippen molar-refractivity contribution < 1.29 is 0 Å². The van der Waals surface area contributed by atoms with Gasteiger partial charge in [0.05, 0.1) is 5.69 Å². The number of halogens is 1. The van der Waals surface area contributed by atoms with Crippen LogP contribution in [0.5, 0.6) is 0 Å². The lowest BCUT2D eigenvalue weighted by atomic mass is 10.3. The van der Waals surface area contributed by atoms with Gasteiger partial charge < -0.3 is 9.97 Å². The minimum Gasteiger partial charge on any atom is -0.327 e. The fourth-order valence-corrected chi connectivity index (χ4v) is 2.42. The zero-order valence-corrected chi connectivity index (χ0v) is 11.4. The molecule has 0 atom stereocenters. The molecular formula is C11H7BrN4OS. The Morgan fingerprint density at radius 2 is 1.94 bits per heavy atom. The molecule has 5 nitrogen and oxygen atoms in total. The van der Waals surface area contributed by atoms with Gasteiger partial charge in [-0.05, 0) is 40.3 Å². The molecule has 0 aliphatic heterocycles. The predicted octanol–water partition coefficient (Wildman–Crippen LogP) is 2.53. The van der Waals surface area contributed by atoms with Crippen LogP contribution in [0.2, 0.25) is 0 Å². The maximum Gasteiger partial charge on any atom is 0.284 e. The number of nitrogens with zero attached hydrogens (tertiary/aromatic N) is 2. The molecule has 0 bridgehead atoms. The summed E-state index contributed by atoms with van der Waals surface area (Å²) in [5.74, 6) is 0. The van der Waals surface area contributed by atoms with Crippen molar-refractivity contribution in [3.63, 3.8) is 0 Å². The molecule has 7 heteroatoms. The van der Waals surface area contributed by atoms with Gasteiger partial charge in [-0.2, -0.15) is 0 Å². The quantitative estimate of drug-likeness (QED) is 0.534. The van der Waals surface area contributed by atoms with Crippen LogP contribution in [-0.4, -0.2) is 19.5 Å². The van der Waals surface area contributed by atoms with Crippen molar-refractivity contribution in [2.45, 2.75) is 0 Å². The van der Waals surface area contributed by atoms with Crippen molar-refractivity contribution in [3.8, 4) is 5.69 Å². The first-order chi connectivity index (χ1) is 8.66. The molecule has 0 aliphatic carbocycles. The van der Waals surface area contributed by atoms with Crippen molar-refractivity contribution >= 4 is 39.3 Å². The van der Waals surface area contributed by atoms with E-state index in [-0.39, 0.29) is 5.56 Å². The van der Waals surface area contributed by atoms with Gasteiger partial charge in [0.25, 0.3) is 5.56 Å². The van der Waals surface area contributed by atoms with E-state index in [0.29, 0.717) is 20.7 Å². The Morgan fingerprint density at radius 1 is 1.22 bits per heavy atom. The van der Waals surface area contributed by atoms with Crippen LogP contribution in [0.25, 0.3) is 16.9 Å². The molecule has 0 fully saturated rings. The molecule has 18 heavy (non-hydrogen) atoms. The van der Waals surface area contributed by atoms with Gasteiger partial charge in [0, 0.05) is 0 Å². The van der Waals surface area contributed by atoms with Gasteiger partial charge in [0.2, 0.25) is 0 Å². The average Bonchev–Trinajstić information content (AvgIpc) is 2.71. The summed E-state index contributed by atoms with van der Waals surface area (Å²) in [6.07, 6.45) is 0. The molecule has 0 saturated heterocycles. The third-order valence-corrected chi connectivity index (χ3v) is 3.19. The number of rotatable bonds is 1. The molecule has 2 aromatic heterocycles. The number of hydrogen-bond donors (Lipinski definition) is 2. The molecule has 0 saturated carbocycles. The Bertz CT molecular complexity index is 834. The maximum atomic E-state index is 12.3. The van der Waals surface area contributed by atoms with Gasteiger partial charge in [-0.1, -0.05) is 18.2 Å². The molecule has 3 aromatic rings. The highest BCUT2D eigenvalue weighted by atomic mass is 79.9. The topological polar surface area (TPSA) is 66.5 Å². The van der Waals surface area contributed by atoms with E-state index in [1.54, 1.807) is 0 Å². The van der Waals surface area contributed by atoms with Crippen molar-refractivity contribution in [1.29, 1.82) is 0 Å². The minimum absolute atomic E-state index is 0.224.